The molecule has 0 aliphatic rings. The van der Waals surface area contributed by atoms with Crippen molar-refractivity contribution in [1.82, 2.24) is 4.72 Å². The van der Waals surface area contributed by atoms with Crippen LogP contribution < -0.4 is 9.46 Å². The molecular formula is C13H18FNO5S. The number of halogens is 1. The van der Waals surface area contributed by atoms with E-state index in [-0.39, 0.29) is 17.1 Å². The van der Waals surface area contributed by atoms with Gasteiger partial charge in [0, 0.05) is 0 Å². The molecule has 1 atom stereocenters. The normalized spacial score (nSPS) is 14.5. The summed E-state index contributed by atoms with van der Waals surface area (Å²) in [5.41, 5.74) is -1.65. The van der Waals surface area contributed by atoms with Crippen LogP contribution >= 0.6 is 0 Å². The van der Waals surface area contributed by atoms with Gasteiger partial charge in [-0.05, 0) is 31.5 Å². The Labute approximate surface area is 123 Å². The summed E-state index contributed by atoms with van der Waals surface area (Å²) >= 11 is 0. The van der Waals surface area contributed by atoms with Gasteiger partial charge in [-0.15, -0.1) is 0 Å². The molecule has 1 rings (SSSR count). The molecule has 0 unspecified atom stereocenters. The molecular weight excluding hydrogens is 301 g/mol. The lowest BCUT2D eigenvalue weighted by Gasteiger charge is -2.25. The Bertz CT molecular complexity index is 631. The van der Waals surface area contributed by atoms with Gasteiger partial charge in [-0.3, -0.25) is 4.79 Å². The number of sulfonamides is 1. The van der Waals surface area contributed by atoms with E-state index in [0.717, 1.165) is 12.1 Å². The van der Waals surface area contributed by atoms with E-state index in [0.29, 0.717) is 6.42 Å². The van der Waals surface area contributed by atoms with Crippen LogP contribution in [0.15, 0.2) is 23.1 Å². The van der Waals surface area contributed by atoms with Gasteiger partial charge in [-0.1, -0.05) is 13.3 Å². The molecule has 0 bridgehead atoms. The maximum absolute atomic E-state index is 13.6. The van der Waals surface area contributed by atoms with Gasteiger partial charge in [0.1, 0.15) is 5.54 Å². The lowest BCUT2D eigenvalue weighted by Crippen LogP contribution is -2.51. The maximum atomic E-state index is 13.6. The van der Waals surface area contributed by atoms with Crippen LogP contribution in [0.2, 0.25) is 0 Å². The monoisotopic (exact) mass is 319 g/mol. The van der Waals surface area contributed by atoms with Crippen LogP contribution in [0, 0.1) is 5.82 Å². The molecule has 0 aromatic heterocycles. The van der Waals surface area contributed by atoms with Crippen molar-refractivity contribution in [2.24, 2.45) is 0 Å². The van der Waals surface area contributed by atoms with E-state index in [4.69, 9.17) is 4.74 Å². The first-order chi connectivity index (χ1) is 9.66. The third-order valence-corrected chi connectivity index (χ3v) is 4.61. The number of rotatable bonds is 7. The van der Waals surface area contributed by atoms with Gasteiger partial charge in [-0.2, -0.15) is 4.72 Å². The molecule has 0 heterocycles. The Hall–Kier alpha value is -1.67. The van der Waals surface area contributed by atoms with Crippen molar-refractivity contribution in [3.8, 4) is 5.75 Å². The maximum Gasteiger partial charge on any atom is 0.324 e. The molecule has 0 radical (unpaired) electrons. The fourth-order valence-electron chi connectivity index (χ4n) is 1.87. The van der Waals surface area contributed by atoms with Crippen molar-refractivity contribution in [2.45, 2.75) is 37.1 Å². The number of benzene rings is 1. The van der Waals surface area contributed by atoms with Gasteiger partial charge in [0.15, 0.2) is 11.6 Å². The Balaban J connectivity index is 3.16. The molecule has 0 amide bonds. The van der Waals surface area contributed by atoms with E-state index in [9.17, 15) is 22.7 Å². The highest BCUT2D eigenvalue weighted by molar-refractivity contribution is 7.89. The van der Waals surface area contributed by atoms with Crippen molar-refractivity contribution < 1.29 is 27.4 Å². The van der Waals surface area contributed by atoms with E-state index < -0.39 is 27.3 Å². The molecule has 0 aliphatic heterocycles. The highest BCUT2D eigenvalue weighted by atomic mass is 32.2. The van der Waals surface area contributed by atoms with Crippen molar-refractivity contribution in [2.75, 3.05) is 7.11 Å². The third kappa shape index (κ3) is 3.92. The Kier molecular flexibility index (Phi) is 5.30. The average Bonchev–Trinajstić information content (AvgIpc) is 2.38. The second-order valence-electron chi connectivity index (χ2n) is 4.79. The summed E-state index contributed by atoms with van der Waals surface area (Å²) < 4.78 is 44.8. The van der Waals surface area contributed by atoms with Crippen LogP contribution in [-0.2, 0) is 14.8 Å². The summed E-state index contributed by atoms with van der Waals surface area (Å²) in [5, 5.41) is 9.19. The summed E-state index contributed by atoms with van der Waals surface area (Å²) in [4.78, 5) is 10.9. The molecule has 6 nitrogen and oxygen atoms in total. The lowest BCUT2D eigenvalue weighted by molar-refractivity contribution is -0.143. The number of aliphatic carboxylic acids is 1. The van der Waals surface area contributed by atoms with Crippen LogP contribution in [0.5, 0.6) is 5.75 Å². The molecule has 0 fully saturated rings. The number of ether oxygens (including phenoxy) is 1. The van der Waals surface area contributed by atoms with E-state index in [2.05, 4.69) is 4.72 Å². The molecule has 1 aromatic rings. The number of hydrogen-bond acceptors (Lipinski definition) is 4. The minimum atomic E-state index is -4.16. The summed E-state index contributed by atoms with van der Waals surface area (Å²) in [6.07, 6.45) is 0.586. The fourth-order valence-corrected chi connectivity index (χ4v) is 3.28. The molecule has 0 spiro atoms. The molecule has 2 N–H and O–H groups in total. The van der Waals surface area contributed by atoms with Crippen LogP contribution in [0.25, 0.3) is 0 Å². The van der Waals surface area contributed by atoms with Gasteiger partial charge >= 0.3 is 5.97 Å². The SMILES string of the molecule is CCC[C@@](C)(NS(=O)(=O)c1ccc(OC)c(F)c1)C(=O)O. The second kappa shape index (κ2) is 6.40. The second-order valence-corrected chi connectivity index (χ2v) is 6.47. The van der Waals surface area contributed by atoms with Crippen molar-refractivity contribution in [3.63, 3.8) is 0 Å². The predicted octanol–water partition coefficient (Wildman–Crippen LogP) is 1.76. The van der Waals surface area contributed by atoms with Crippen molar-refractivity contribution >= 4 is 16.0 Å². The lowest BCUT2D eigenvalue weighted by atomic mass is 9.98. The summed E-state index contributed by atoms with van der Waals surface area (Å²) in [6, 6.07) is 3.11. The Morgan fingerprint density at radius 3 is 2.52 bits per heavy atom. The summed E-state index contributed by atoms with van der Waals surface area (Å²) in [5.74, 6) is -2.22. The standard InChI is InChI=1S/C13H18FNO5S/c1-4-7-13(2,12(16)17)15-21(18,19)9-5-6-11(20-3)10(14)8-9/h5-6,8,15H,4,7H2,1-3H3,(H,16,17)/t13-/m1/s1. The average molecular weight is 319 g/mol. The smallest absolute Gasteiger partial charge is 0.324 e. The van der Waals surface area contributed by atoms with E-state index in [1.165, 1.54) is 20.1 Å². The largest absolute Gasteiger partial charge is 0.494 e. The topological polar surface area (TPSA) is 92.7 Å². The number of hydrogen-bond donors (Lipinski definition) is 2. The highest BCUT2D eigenvalue weighted by Gasteiger charge is 2.37. The quantitative estimate of drug-likeness (QED) is 0.799. The molecule has 1 aromatic carbocycles. The summed E-state index contributed by atoms with van der Waals surface area (Å²) in [6.45, 7) is 3.01. The summed E-state index contributed by atoms with van der Waals surface area (Å²) in [7, 11) is -2.90. The highest BCUT2D eigenvalue weighted by Crippen LogP contribution is 2.23. The van der Waals surface area contributed by atoms with Gasteiger partial charge in [0.25, 0.3) is 0 Å². The molecule has 21 heavy (non-hydrogen) atoms. The molecule has 0 saturated heterocycles. The van der Waals surface area contributed by atoms with Crippen LogP contribution in [0.3, 0.4) is 0 Å². The minimum Gasteiger partial charge on any atom is -0.494 e. The predicted molar refractivity (Wildman–Crippen MR) is 74.2 cm³/mol. The molecule has 0 saturated carbocycles. The van der Waals surface area contributed by atoms with Crippen molar-refractivity contribution in [3.05, 3.63) is 24.0 Å². The minimum absolute atomic E-state index is 0.0940. The third-order valence-electron chi connectivity index (χ3n) is 3.02. The first kappa shape index (κ1) is 17.4. The van der Waals surface area contributed by atoms with Gasteiger partial charge in [0.05, 0.1) is 12.0 Å². The molecule has 118 valence electrons. The van der Waals surface area contributed by atoms with Crippen LogP contribution in [0.4, 0.5) is 4.39 Å². The number of methoxy groups -OCH3 is 1. The van der Waals surface area contributed by atoms with Crippen LogP contribution in [0.1, 0.15) is 26.7 Å². The van der Waals surface area contributed by atoms with E-state index in [1.807, 2.05) is 0 Å². The first-order valence-corrected chi connectivity index (χ1v) is 7.75. The number of nitrogens with one attached hydrogen (secondary N) is 1. The number of carboxylic acids is 1. The zero-order valence-corrected chi connectivity index (χ0v) is 12.8. The number of carboxylic acid groups (broad SMARTS) is 1. The first-order valence-electron chi connectivity index (χ1n) is 6.27. The van der Waals surface area contributed by atoms with Gasteiger partial charge in [0.2, 0.25) is 10.0 Å². The van der Waals surface area contributed by atoms with E-state index in [1.54, 1.807) is 6.92 Å². The fraction of sp³-hybridized carbons (Fsp3) is 0.462. The number of carbonyl (C=O) groups is 1. The van der Waals surface area contributed by atoms with Gasteiger partial charge < -0.3 is 9.84 Å². The zero-order chi connectivity index (χ0) is 16.3. The van der Waals surface area contributed by atoms with Crippen molar-refractivity contribution in [1.29, 1.82) is 0 Å². The Morgan fingerprint density at radius 2 is 2.10 bits per heavy atom. The van der Waals surface area contributed by atoms with E-state index >= 15 is 0 Å². The van der Waals surface area contributed by atoms with Gasteiger partial charge in [-0.25, -0.2) is 12.8 Å². The Morgan fingerprint density at radius 1 is 1.48 bits per heavy atom. The zero-order valence-electron chi connectivity index (χ0n) is 12.0. The molecule has 8 heteroatoms. The van der Waals surface area contributed by atoms with Crippen LogP contribution in [-0.4, -0.2) is 32.1 Å². The molecule has 0 aliphatic carbocycles.